The maximum Gasteiger partial charge on any atom is 0.289 e. The second kappa shape index (κ2) is 7.82. The molecule has 0 bridgehead atoms. The minimum Gasteiger partial charge on any atom is -0.451 e. The third kappa shape index (κ3) is 3.59. The molecule has 2 aromatic heterocycles. The standard InChI is InChI=1S/C23H19Cl2N3O2/c24-15-5-6-17(25)16(13-15)20-7-8-21(30-20)23(29)28-11-9-14(10-12-28)22-26-18-3-1-2-4-19(18)27-22/h1-8,13-14H,9-12H2,(H,26,27). The Bertz CT molecular complexity index is 1190. The number of nitrogens with zero attached hydrogens (tertiary/aromatic N) is 2. The largest absolute Gasteiger partial charge is 0.451 e. The summed E-state index contributed by atoms with van der Waals surface area (Å²) in [7, 11) is 0. The van der Waals surface area contributed by atoms with Gasteiger partial charge in [-0.3, -0.25) is 4.79 Å². The summed E-state index contributed by atoms with van der Waals surface area (Å²) in [6, 6.07) is 16.6. The molecule has 2 aromatic carbocycles. The highest BCUT2D eigenvalue weighted by Crippen LogP contribution is 2.33. The Morgan fingerprint density at radius 3 is 2.67 bits per heavy atom. The number of amides is 1. The Hall–Kier alpha value is -2.76. The van der Waals surface area contributed by atoms with Crippen molar-refractivity contribution in [2.45, 2.75) is 18.8 Å². The number of halogens is 2. The first kappa shape index (κ1) is 19.2. The molecule has 1 aliphatic rings. The van der Waals surface area contributed by atoms with Crippen LogP contribution in [-0.4, -0.2) is 33.9 Å². The molecule has 0 unspecified atom stereocenters. The number of fused-ring (bicyclic) bond motifs is 1. The minimum atomic E-state index is -0.109. The number of carbonyl (C=O) groups excluding carboxylic acids is 1. The van der Waals surface area contributed by atoms with Crippen LogP contribution in [-0.2, 0) is 0 Å². The number of nitrogens with one attached hydrogen (secondary N) is 1. The van der Waals surface area contributed by atoms with Crippen LogP contribution in [0, 0.1) is 0 Å². The lowest BCUT2D eigenvalue weighted by molar-refractivity contribution is 0.0680. The molecule has 1 N–H and O–H groups in total. The number of carbonyl (C=O) groups is 1. The second-order valence-electron chi connectivity index (χ2n) is 7.49. The van der Waals surface area contributed by atoms with Gasteiger partial charge in [0.05, 0.1) is 16.1 Å². The summed E-state index contributed by atoms with van der Waals surface area (Å²) in [5.41, 5.74) is 2.70. The van der Waals surface area contributed by atoms with E-state index in [1.807, 2.05) is 29.2 Å². The zero-order chi connectivity index (χ0) is 20.7. The fourth-order valence-electron chi connectivity index (χ4n) is 3.96. The lowest BCUT2D eigenvalue weighted by atomic mass is 9.96. The quantitative estimate of drug-likeness (QED) is 0.416. The number of likely N-dealkylation sites (tertiary alicyclic amines) is 1. The summed E-state index contributed by atoms with van der Waals surface area (Å²) in [5, 5.41) is 1.09. The maximum atomic E-state index is 12.9. The van der Waals surface area contributed by atoms with Crippen molar-refractivity contribution in [1.82, 2.24) is 14.9 Å². The van der Waals surface area contributed by atoms with Gasteiger partial charge in [0, 0.05) is 29.6 Å². The van der Waals surface area contributed by atoms with Crippen LogP contribution in [0.1, 0.15) is 35.1 Å². The van der Waals surface area contributed by atoms with Crippen LogP contribution < -0.4 is 0 Å². The van der Waals surface area contributed by atoms with Gasteiger partial charge in [-0.25, -0.2) is 4.98 Å². The molecule has 1 amide bonds. The van der Waals surface area contributed by atoms with Crippen molar-refractivity contribution in [3.05, 3.63) is 76.2 Å². The van der Waals surface area contributed by atoms with E-state index in [0.717, 1.165) is 29.7 Å². The molecule has 5 rings (SSSR count). The van der Waals surface area contributed by atoms with Crippen molar-refractivity contribution >= 4 is 40.1 Å². The maximum absolute atomic E-state index is 12.9. The van der Waals surface area contributed by atoms with Gasteiger partial charge in [0.1, 0.15) is 11.6 Å². The number of hydrogen-bond donors (Lipinski definition) is 1. The summed E-state index contributed by atoms with van der Waals surface area (Å²) in [6.45, 7) is 1.32. The predicted octanol–water partition coefficient (Wildman–Crippen LogP) is 6.15. The Morgan fingerprint density at radius 2 is 1.87 bits per heavy atom. The van der Waals surface area contributed by atoms with Gasteiger partial charge in [-0.15, -0.1) is 0 Å². The molecule has 7 heteroatoms. The normalized spacial score (nSPS) is 15.1. The number of benzene rings is 2. The number of hydrogen-bond acceptors (Lipinski definition) is 3. The van der Waals surface area contributed by atoms with Gasteiger partial charge in [0.2, 0.25) is 0 Å². The summed E-state index contributed by atoms with van der Waals surface area (Å²) in [5.74, 6) is 2.05. The van der Waals surface area contributed by atoms with Crippen molar-refractivity contribution < 1.29 is 9.21 Å². The van der Waals surface area contributed by atoms with Gasteiger partial charge in [-0.2, -0.15) is 0 Å². The molecule has 1 aliphatic heterocycles. The van der Waals surface area contributed by atoms with Gasteiger partial charge in [0.15, 0.2) is 5.76 Å². The van der Waals surface area contributed by atoms with Gasteiger partial charge in [-0.1, -0.05) is 35.3 Å². The Labute approximate surface area is 183 Å². The molecule has 1 fully saturated rings. The molecule has 3 heterocycles. The summed E-state index contributed by atoms with van der Waals surface area (Å²) >= 11 is 12.3. The van der Waals surface area contributed by atoms with Crippen LogP contribution in [0.25, 0.3) is 22.4 Å². The van der Waals surface area contributed by atoms with Gasteiger partial charge < -0.3 is 14.3 Å². The minimum absolute atomic E-state index is 0.109. The average molecular weight is 440 g/mol. The number of furan rings is 1. The average Bonchev–Trinajstić information content (AvgIpc) is 3.42. The van der Waals surface area contributed by atoms with Crippen LogP contribution >= 0.6 is 23.2 Å². The summed E-state index contributed by atoms with van der Waals surface area (Å²) < 4.78 is 5.82. The van der Waals surface area contributed by atoms with Gasteiger partial charge in [-0.05, 0) is 55.3 Å². The van der Waals surface area contributed by atoms with E-state index < -0.39 is 0 Å². The second-order valence-corrected chi connectivity index (χ2v) is 8.34. The molecule has 0 spiro atoms. The lowest BCUT2D eigenvalue weighted by Gasteiger charge is -2.30. The zero-order valence-electron chi connectivity index (χ0n) is 16.1. The molecule has 0 saturated carbocycles. The van der Waals surface area contributed by atoms with E-state index in [2.05, 4.69) is 4.98 Å². The number of rotatable bonds is 3. The SMILES string of the molecule is O=C(c1ccc(-c2cc(Cl)ccc2Cl)o1)N1CCC(c2nc3ccccc3[nH]2)CC1. The van der Waals surface area contributed by atoms with E-state index >= 15 is 0 Å². The molecule has 1 saturated heterocycles. The number of para-hydroxylation sites is 2. The van der Waals surface area contributed by atoms with Crippen molar-refractivity contribution in [3.8, 4) is 11.3 Å². The molecular formula is C23H19Cl2N3O2. The van der Waals surface area contributed by atoms with E-state index in [0.29, 0.717) is 46.1 Å². The Morgan fingerprint density at radius 1 is 1.07 bits per heavy atom. The number of aromatic nitrogens is 2. The Kier molecular flexibility index (Phi) is 5.01. The Balaban J connectivity index is 1.28. The number of aromatic amines is 1. The first-order chi connectivity index (χ1) is 14.6. The predicted molar refractivity (Wildman–Crippen MR) is 118 cm³/mol. The molecular weight excluding hydrogens is 421 g/mol. The van der Waals surface area contributed by atoms with Crippen molar-refractivity contribution in [3.63, 3.8) is 0 Å². The van der Waals surface area contributed by atoms with Crippen LogP contribution in [0.3, 0.4) is 0 Å². The van der Waals surface area contributed by atoms with Crippen LogP contribution in [0.2, 0.25) is 10.0 Å². The van der Waals surface area contributed by atoms with Crippen LogP contribution in [0.4, 0.5) is 0 Å². The van der Waals surface area contributed by atoms with E-state index in [-0.39, 0.29) is 5.91 Å². The molecule has 0 atom stereocenters. The monoisotopic (exact) mass is 439 g/mol. The zero-order valence-corrected chi connectivity index (χ0v) is 17.6. The van der Waals surface area contributed by atoms with E-state index in [1.165, 1.54) is 0 Å². The van der Waals surface area contributed by atoms with E-state index in [4.69, 9.17) is 32.6 Å². The molecule has 0 aliphatic carbocycles. The van der Waals surface area contributed by atoms with Crippen molar-refractivity contribution in [2.75, 3.05) is 13.1 Å². The highest BCUT2D eigenvalue weighted by Gasteiger charge is 2.28. The number of H-pyrrole nitrogens is 1. The smallest absolute Gasteiger partial charge is 0.289 e. The molecule has 152 valence electrons. The molecule has 30 heavy (non-hydrogen) atoms. The van der Waals surface area contributed by atoms with Crippen molar-refractivity contribution in [1.29, 1.82) is 0 Å². The van der Waals surface area contributed by atoms with Gasteiger partial charge >= 0.3 is 0 Å². The number of imidazole rings is 1. The van der Waals surface area contributed by atoms with E-state index in [1.54, 1.807) is 30.3 Å². The number of piperidine rings is 1. The molecule has 5 nitrogen and oxygen atoms in total. The topological polar surface area (TPSA) is 62.1 Å². The fraction of sp³-hybridized carbons (Fsp3) is 0.217. The van der Waals surface area contributed by atoms with Crippen molar-refractivity contribution in [2.24, 2.45) is 0 Å². The highest BCUT2D eigenvalue weighted by molar-refractivity contribution is 6.35. The summed E-state index contributed by atoms with van der Waals surface area (Å²) in [4.78, 5) is 22.9. The third-order valence-electron chi connectivity index (χ3n) is 5.59. The summed E-state index contributed by atoms with van der Waals surface area (Å²) in [6.07, 6.45) is 1.72. The fourth-order valence-corrected chi connectivity index (χ4v) is 4.34. The first-order valence-corrected chi connectivity index (χ1v) is 10.6. The highest BCUT2D eigenvalue weighted by atomic mass is 35.5. The third-order valence-corrected chi connectivity index (χ3v) is 6.15. The molecule has 4 aromatic rings. The first-order valence-electron chi connectivity index (χ1n) is 9.87. The molecule has 0 radical (unpaired) electrons. The van der Waals surface area contributed by atoms with Crippen LogP contribution in [0.15, 0.2) is 59.0 Å². The van der Waals surface area contributed by atoms with E-state index in [9.17, 15) is 4.79 Å². The van der Waals surface area contributed by atoms with Crippen LogP contribution in [0.5, 0.6) is 0 Å². The lowest BCUT2D eigenvalue weighted by Crippen LogP contribution is -2.37. The van der Waals surface area contributed by atoms with Gasteiger partial charge in [0.25, 0.3) is 5.91 Å².